The van der Waals surface area contributed by atoms with Crippen LogP contribution in [0, 0.1) is 11.8 Å². The first-order valence-corrected chi connectivity index (χ1v) is 9.40. The van der Waals surface area contributed by atoms with Crippen LogP contribution in [0.5, 0.6) is 0 Å². The summed E-state index contributed by atoms with van der Waals surface area (Å²) in [4.78, 5) is 38.5. The van der Waals surface area contributed by atoms with E-state index in [9.17, 15) is 14.4 Å². The number of hydrogen-bond donors (Lipinski definition) is 2. The van der Waals surface area contributed by atoms with Crippen LogP contribution in [0.25, 0.3) is 0 Å². The average molecular weight is 364 g/mol. The smallest absolute Gasteiger partial charge is 0.234 e. The third kappa shape index (κ3) is 5.03. The fourth-order valence-corrected chi connectivity index (χ4v) is 3.42. The van der Waals surface area contributed by atoms with Crippen LogP contribution >= 0.6 is 0 Å². The van der Waals surface area contributed by atoms with Gasteiger partial charge in [0.05, 0.1) is 11.8 Å². The van der Waals surface area contributed by atoms with Crippen LogP contribution in [0.2, 0.25) is 0 Å². The fourth-order valence-electron chi connectivity index (χ4n) is 3.42. The van der Waals surface area contributed by atoms with Crippen LogP contribution in [-0.2, 0) is 14.4 Å². The van der Waals surface area contributed by atoms with Gasteiger partial charge in [0.2, 0.25) is 11.8 Å². The van der Waals surface area contributed by atoms with Crippen molar-refractivity contribution >= 4 is 29.0 Å². The summed E-state index contributed by atoms with van der Waals surface area (Å²) < 4.78 is 0. The standard InChI is InChI=1S/C22H24N2O3/c25-20-18(21(26)23-16-10-4-1-5-11-16)14-8-3-9-15-19(20)22(27)24-17-12-6-2-7-13-17/h1-2,4-7,10-13,18-19H,3,8-9,14-15H2,(H,23,26)(H,24,27)/t18-,19-/m0/s1. The zero-order valence-electron chi connectivity index (χ0n) is 15.2. The van der Waals surface area contributed by atoms with Gasteiger partial charge in [0.25, 0.3) is 0 Å². The second-order valence-electron chi connectivity index (χ2n) is 6.86. The summed E-state index contributed by atoms with van der Waals surface area (Å²) in [6, 6.07) is 18.2. The van der Waals surface area contributed by atoms with E-state index >= 15 is 0 Å². The molecular weight excluding hydrogens is 340 g/mol. The number of amides is 2. The molecule has 0 saturated heterocycles. The van der Waals surface area contributed by atoms with Gasteiger partial charge in [-0.3, -0.25) is 14.4 Å². The SMILES string of the molecule is O=C(Nc1ccccc1)[C@H]1CCCCC[C@H](C(=O)Nc2ccccc2)C1=O. The van der Waals surface area contributed by atoms with E-state index < -0.39 is 11.8 Å². The van der Waals surface area contributed by atoms with Gasteiger partial charge in [-0.2, -0.15) is 0 Å². The predicted molar refractivity (Wildman–Crippen MR) is 105 cm³/mol. The Balaban J connectivity index is 1.73. The van der Waals surface area contributed by atoms with Crippen molar-refractivity contribution in [3.05, 3.63) is 60.7 Å². The van der Waals surface area contributed by atoms with Gasteiger partial charge in [0.15, 0.2) is 5.78 Å². The third-order valence-electron chi connectivity index (χ3n) is 4.89. The molecule has 2 amide bonds. The number of carbonyl (C=O) groups is 3. The Kier molecular flexibility index (Phi) is 6.36. The van der Waals surface area contributed by atoms with E-state index in [4.69, 9.17) is 0 Å². The molecule has 0 bridgehead atoms. The molecule has 2 N–H and O–H groups in total. The first kappa shape index (κ1) is 18.8. The zero-order valence-corrected chi connectivity index (χ0v) is 15.2. The van der Waals surface area contributed by atoms with Crippen molar-refractivity contribution in [2.75, 3.05) is 10.6 Å². The van der Waals surface area contributed by atoms with Gasteiger partial charge in [0.1, 0.15) is 0 Å². The van der Waals surface area contributed by atoms with Crippen molar-refractivity contribution in [2.24, 2.45) is 11.8 Å². The normalized spacial score (nSPS) is 20.2. The van der Waals surface area contributed by atoms with Crippen LogP contribution < -0.4 is 10.6 Å². The van der Waals surface area contributed by atoms with Gasteiger partial charge >= 0.3 is 0 Å². The van der Waals surface area contributed by atoms with E-state index in [1.807, 2.05) is 36.4 Å². The number of anilines is 2. The van der Waals surface area contributed by atoms with Crippen molar-refractivity contribution in [3.8, 4) is 0 Å². The molecule has 0 spiro atoms. The molecule has 5 nitrogen and oxygen atoms in total. The quantitative estimate of drug-likeness (QED) is 0.804. The maximum absolute atomic E-state index is 13.0. The molecule has 0 aromatic heterocycles. The number of ketones is 1. The second kappa shape index (κ2) is 9.12. The van der Waals surface area contributed by atoms with Crippen molar-refractivity contribution in [2.45, 2.75) is 32.1 Å². The molecule has 5 heteroatoms. The molecule has 1 aliphatic rings. The molecule has 1 saturated carbocycles. The number of hydrogen-bond acceptors (Lipinski definition) is 3. The minimum absolute atomic E-state index is 0.281. The molecular formula is C22H24N2O3. The van der Waals surface area contributed by atoms with E-state index in [1.54, 1.807) is 24.3 Å². The summed E-state index contributed by atoms with van der Waals surface area (Å²) >= 11 is 0. The number of benzene rings is 2. The Morgan fingerprint density at radius 2 is 1.07 bits per heavy atom. The monoisotopic (exact) mass is 364 g/mol. The van der Waals surface area contributed by atoms with Gasteiger partial charge < -0.3 is 10.6 Å². The van der Waals surface area contributed by atoms with Crippen LogP contribution in [0.3, 0.4) is 0 Å². The molecule has 1 fully saturated rings. The van der Waals surface area contributed by atoms with Crippen LogP contribution in [0.1, 0.15) is 32.1 Å². The molecule has 27 heavy (non-hydrogen) atoms. The zero-order chi connectivity index (χ0) is 19.1. The summed E-state index contributed by atoms with van der Waals surface area (Å²) in [6.45, 7) is 0. The van der Waals surface area contributed by atoms with Crippen molar-refractivity contribution < 1.29 is 14.4 Å². The highest BCUT2D eigenvalue weighted by molar-refractivity contribution is 6.15. The lowest BCUT2D eigenvalue weighted by Crippen LogP contribution is -2.40. The maximum Gasteiger partial charge on any atom is 0.234 e. The number of nitrogens with one attached hydrogen (secondary N) is 2. The van der Waals surface area contributed by atoms with E-state index in [0.29, 0.717) is 24.2 Å². The minimum Gasteiger partial charge on any atom is -0.325 e. The van der Waals surface area contributed by atoms with E-state index in [-0.39, 0.29) is 17.6 Å². The lowest BCUT2D eigenvalue weighted by atomic mass is 9.82. The second-order valence-corrected chi connectivity index (χ2v) is 6.86. The molecule has 0 aliphatic heterocycles. The predicted octanol–water partition coefficient (Wildman–Crippen LogP) is 4.03. The molecule has 0 heterocycles. The Labute approximate surface area is 159 Å². The highest BCUT2D eigenvalue weighted by Gasteiger charge is 2.37. The van der Waals surface area contributed by atoms with Gasteiger partial charge in [-0.05, 0) is 37.1 Å². The highest BCUT2D eigenvalue weighted by atomic mass is 16.2. The molecule has 2 aromatic rings. The van der Waals surface area contributed by atoms with Crippen molar-refractivity contribution in [3.63, 3.8) is 0 Å². The van der Waals surface area contributed by atoms with Gasteiger partial charge in [0, 0.05) is 11.4 Å². The summed E-state index contributed by atoms with van der Waals surface area (Å²) in [7, 11) is 0. The minimum atomic E-state index is -0.794. The average Bonchev–Trinajstić information content (AvgIpc) is 2.66. The molecule has 140 valence electrons. The number of rotatable bonds is 4. The Morgan fingerprint density at radius 3 is 1.48 bits per heavy atom. The molecule has 2 aromatic carbocycles. The van der Waals surface area contributed by atoms with Crippen LogP contribution in [-0.4, -0.2) is 17.6 Å². The van der Waals surface area contributed by atoms with Crippen molar-refractivity contribution in [1.82, 2.24) is 0 Å². The summed E-state index contributed by atoms with van der Waals surface area (Å²) in [5.41, 5.74) is 1.31. The molecule has 0 radical (unpaired) electrons. The molecule has 0 unspecified atom stereocenters. The lowest BCUT2D eigenvalue weighted by Gasteiger charge is -2.24. The van der Waals surface area contributed by atoms with Gasteiger partial charge in [-0.15, -0.1) is 0 Å². The van der Waals surface area contributed by atoms with Crippen LogP contribution in [0.15, 0.2) is 60.7 Å². The van der Waals surface area contributed by atoms with E-state index in [1.165, 1.54) is 0 Å². The Hall–Kier alpha value is -2.95. The first-order valence-electron chi connectivity index (χ1n) is 9.40. The largest absolute Gasteiger partial charge is 0.325 e. The number of para-hydroxylation sites is 2. The number of Topliss-reactive ketones (excluding diaryl/α,β-unsaturated/α-hetero) is 1. The summed E-state index contributed by atoms with van der Waals surface area (Å²) in [5, 5.41) is 5.62. The van der Waals surface area contributed by atoms with Gasteiger partial charge in [-0.1, -0.05) is 55.7 Å². The van der Waals surface area contributed by atoms with Crippen LogP contribution in [0.4, 0.5) is 11.4 Å². The fraction of sp³-hybridized carbons (Fsp3) is 0.318. The van der Waals surface area contributed by atoms with E-state index in [2.05, 4.69) is 10.6 Å². The number of carbonyl (C=O) groups excluding carboxylic acids is 3. The van der Waals surface area contributed by atoms with E-state index in [0.717, 1.165) is 19.3 Å². The molecule has 2 atom stereocenters. The Morgan fingerprint density at radius 1 is 0.667 bits per heavy atom. The summed E-state index contributed by atoms with van der Waals surface area (Å²) in [5.74, 6) is -2.53. The Bertz CT molecular complexity index is 724. The summed E-state index contributed by atoms with van der Waals surface area (Å²) in [6.07, 6.45) is 3.49. The molecule has 1 aliphatic carbocycles. The highest BCUT2D eigenvalue weighted by Crippen LogP contribution is 2.26. The first-order chi connectivity index (χ1) is 13.1. The third-order valence-corrected chi connectivity index (χ3v) is 4.89. The molecule has 3 rings (SSSR count). The van der Waals surface area contributed by atoms with Crippen molar-refractivity contribution in [1.29, 1.82) is 0 Å². The topological polar surface area (TPSA) is 75.3 Å². The maximum atomic E-state index is 13.0. The lowest BCUT2D eigenvalue weighted by molar-refractivity contribution is -0.138. The van der Waals surface area contributed by atoms with Gasteiger partial charge in [-0.25, -0.2) is 0 Å².